The zero-order chi connectivity index (χ0) is 67.8. The molecule has 6 bridgehead atoms. The summed E-state index contributed by atoms with van der Waals surface area (Å²) < 4.78 is 59.9. The summed E-state index contributed by atoms with van der Waals surface area (Å²) in [6, 6.07) is 0. The van der Waals surface area contributed by atoms with E-state index in [1.54, 1.807) is 13.8 Å². The van der Waals surface area contributed by atoms with Gasteiger partial charge in [0.1, 0.15) is 122 Å². The summed E-state index contributed by atoms with van der Waals surface area (Å²) in [7, 11) is 0. The molecule has 31 unspecified atom stereocenters. The second-order valence-electron chi connectivity index (χ2n) is 22.1. The van der Waals surface area contributed by atoms with Crippen LogP contribution in [0.4, 0.5) is 0 Å². The minimum Gasteiger partial charge on any atom is -0.506 e. The molecule has 7 aliphatic rings. The second kappa shape index (κ2) is 37.5. The Morgan fingerprint density at radius 3 is 0.989 bits per heavy atom. The Hall–Kier alpha value is -2.72. The van der Waals surface area contributed by atoms with Gasteiger partial charge in [0.2, 0.25) is 12.6 Å². The van der Waals surface area contributed by atoms with Gasteiger partial charge in [0.05, 0.1) is 38.1 Å². The van der Waals surface area contributed by atoms with E-state index in [0.29, 0.717) is 0 Å². The van der Waals surface area contributed by atoms with Crippen molar-refractivity contribution in [1.29, 1.82) is 0 Å². The van der Waals surface area contributed by atoms with E-state index in [0.717, 1.165) is 0 Å². The molecule has 28 N–H and O–H groups in total. The molecule has 7 aliphatic heterocycles. The summed E-state index contributed by atoms with van der Waals surface area (Å²) >= 11 is 0. The fraction of sp³-hybridized carbons (Fsp3) is 0.922. The lowest BCUT2D eigenvalue weighted by Crippen LogP contribution is -2.65. The molecule has 7 rings (SSSR count). The fourth-order valence-corrected chi connectivity index (χ4v) is 9.91. The summed E-state index contributed by atoms with van der Waals surface area (Å²) in [5, 5.41) is 303. The van der Waals surface area contributed by atoms with Crippen LogP contribution in [0.15, 0.2) is 23.0 Å². The minimum atomic E-state index is -2.82. The van der Waals surface area contributed by atoms with Gasteiger partial charge in [0.25, 0.3) is 0 Å². The van der Waals surface area contributed by atoms with Crippen LogP contribution in [0.25, 0.3) is 0 Å². The molecule has 0 amide bonds. The average molecular weight is 1330 g/mol. The number of rotatable bonds is 14. The van der Waals surface area contributed by atoms with Gasteiger partial charge in [-0.25, -0.2) is 0 Å². The van der Waals surface area contributed by atoms with Crippen molar-refractivity contribution in [2.75, 3.05) is 46.2 Å². The van der Waals surface area contributed by atoms with Crippen LogP contribution in [-0.4, -0.2) is 380 Å². The number of aliphatic hydroxyl groups is 28. The average Bonchev–Trinajstić information content (AvgIpc) is 0.837. The van der Waals surface area contributed by atoms with Crippen LogP contribution >= 0.6 is 0 Å². The quantitative estimate of drug-likeness (QED) is 0.0768. The summed E-state index contributed by atoms with van der Waals surface area (Å²) in [4.78, 5) is 0. The first-order chi connectivity index (χ1) is 42.4. The van der Waals surface area contributed by atoms with E-state index in [4.69, 9.17) is 52.1 Å². The minimum absolute atomic E-state index is 0.131. The fourth-order valence-electron chi connectivity index (χ4n) is 9.91. The molecule has 0 aliphatic carbocycles. The highest BCUT2D eigenvalue weighted by molar-refractivity contribution is 5.09. The molecule has 90 heavy (non-hydrogen) atoms. The van der Waals surface area contributed by atoms with Gasteiger partial charge in [-0.05, 0) is 38.0 Å². The Kier molecular flexibility index (Phi) is 33.3. The van der Waals surface area contributed by atoms with Crippen LogP contribution in [0.3, 0.4) is 0 Å². The zero-order valence-corrected chi connectivity index (χ0v) is 48.7. The maximum absolute atomic E-state index is 11.4. The highest BCUT2D eigenvalue weighted by Crippen LogP contribution is 2.35. The summed E-state index contributed by atoms with van der Waals surface area (Å²) in [6.45, 7) is -3.75. The largest absolute Gasteiger partial charge is 0.506 e. The highest BCUT2D eigenvalue weighted by atomic mass is 16.8. The molecule has 0 spiro atoms. The van der Waals surface area contributed by atoms with E-state index in [1.807, 2.05) is 0 Å². The van der Waals surface area contributed by atoms with Crippen molar-refractivity contribution in [3.63, 3.8) is 0 Å². The Labute approximate surface area is 512 Å². The molecule has 31 atom stereocenters. The molecule has 3 fully saturated rings. The standard InChI is InChI=1S/C51H92O39/c1-16(2)3-4-17-25(59)33(67)44(75)80-18(5-9-52)26(60)34(68)45(76)81-19(6-10-53)27(61)35(69)46(77)82-20(7-11-54)28(62)36(70)47(78)88-41-22(13-56)85-50(38(72)30(41)64)84-21(8-12-55)29(63)37(71)48(79)89-42-23(14-57)87-51(40(74)31(42)65)90-43-24(15-58)86-49(83-17)39(73)32(43)66/h16-24,26-27,29-32,34-35,37-79H,3-15H2,1-2H3/b33-25+,36-28+. The summed E-state index contributed by atoms with van der Waals surface area (Å²) in [5.74, 6) is -6.08. The van der Waals surface area contributed by atoms with E-state index in [1.165, 1.54) is 0 Å². The predicted octanol–water partition coefficient (Wildman–Crippen LogP) is -12.2. The van der Waals surface area contributed by atoms with E-state index in [-0.39, 0.29) is 18.8 Å². The Morgan fingerprint density at radius 2 is 0.589 bits per heavy atom. The third-order valence-electron chi connectivity index (χ3n) is 15.2. The Balaban J connectivity index is 1.76. The maximum Gasteiger partial charge on any atom is 0.218 e. The van der Waals surface area contributed by atoms with Gasteiger partial charge in [-0.2, -0.15) is 0 Å². The van der Waals surface area contributed by atoms with Crippen molar-refractivity contribution in [2.45, 2.75) is 243 Å². The number of hydrogen-bond donors (Lipinski definition) is 28. The van der Waals surface area contributed by atoms with E-state index in [9.17, 15) is 143 Å². The second-order valence-corrected chi connectivity index (χ2v) is 22.1. The lowest BCUT2D eigenvalue weighted by atomic mass is 9.96. The smallest absolute Gasteiger partial charge is 0.218 e. The molecule has 39 nitrogen and oxygen atoms in total. The molecule has 3 saturated heterocycles. The third kappa shape index (κ3) is 20.4. The molecule has 530 valence electrons. The number of ether oxygens (including phenoxy) is 11. The van der Waals surface area contributed by atoms with Crippen LogP contribution in [0, 0.1) is 5.92 Å². The maximum atomic E-state index is 11.4. The number of hydrogen-bond acceptors (Lipinski definition) is 39. The van der Waals surface area contributed by atoms with Crippen LogP contribution in [0.2, 0.25) is 0 Å². The van der Waals surface area contributed by atoms with Crippen molar-refractivity contribution < 1.29 is 195 Å². The van der Waals surface area contributed by atoms with Crippen LogP contribution < -0.4 is 0 Å². The molecule has 39 heteroatoms. The SMILES string of the molecule is CC(C)CCC1OC2OC(CO)C(OC3OC(CO)C(OC(O)C(O)C(O)C(CCO)OC4OC(CO)C(OC(O)/C(O)=C(\O)C(CCO)OC(O)C(O)C(O)C(CCO)OC(O)C(O)C(O)C(CCO)OC(O)/C(O)=C/1O)C(O)C4O)C(O)C3O)C(O)C2O. The highest BCUT2D eigenvalue weighted by Gasteiger charge is 2.54. The van der Waals surface area contributed by atoms with Gasteiger partial charge >= 0.3 is 0 Å². The van der Waals surface area contributed by atoms with Gasteiger partial charge in [-0.15, -0.1) is 0 Å². The number of aliphatic hydroxyl groups excluding tert-OH is 28. The van der Waals surface area contributed by atoms with Gasteiger partial charge < -0.3 is 195 Å². The molecule has 0 radical (unpaired) electrons. The van der Waals surface area contributed by atoms with Crippen molar-refractivity contribution in [3.8, 4) is 0 Å². The third-order valence-corrected chi connectivity index (χ3v) is 15.2. The molecule has 0 aromatic heterocycles. The van der Waals surface area contributed by atoms with Crippen molar-refractivity contribution in [3.05, 3.63) is 23.0 Å². The van der Waals surface area contributed by atoms with Crippen molar-refractivity contribution >= 4 is 0 Å². The van der Waals surface area contributed by atoms with Gasteiger partial charge in [-0.1, -0.05) is 13.8 Å². The summed E-state index contributed by atoms with van der Waals surface area (Å²) in [6.07, 6.45) is -74.2. The monoisotopic (exact) mass is 1330 g/mol. The zero-order valence-electron chi connectivity index (χ0n) is 48.7. The van der Waals surface area contributed by atoms with Gasteiger partial charge in [0.15, 0.2) is 60.8 Å². The van der Waals surface area contributed by atoms with E-state index >= 15 is 0 Å². The molecule has 0 aromatic rings. The molecule has 0 saturated carbocycles. The van der Waals surface area contributed by atoms with Crippen molar-refractivity contribution in [1.82, 2.24) is 0 Å². The molecule has 0 aromatic carbocycles. The van der Waals surface area contributed by atoms with Gasteiger partial charge in [-0.3, -0.25) is 0 Å². The van der Waals surface area contributed by atoms with Gasteiger partial charge in [0, 0.05) is 32.8 Å². The first-order valence-corrected chi connectivity index (χ1v) is 28.7. The normalized spacial score (nSPS) is 46.3. The first-order valence-electron chi connectivity index (χ1n) is 28.7. The van der Waals surface area contributed by atoms with Crippen molar-refractivity contribution in [2.24, 2.45) is 5.92 Å². The lowest BCUT2D eigenvalue weighted by molar-refractivity contribution is -0.372. The molecular weight excluding hydrogens is 1240 g/mol. The summed E-state index contributed by atoms with van der Waals surface area (Å²) in [5.41, 5.74) is 0. The van der Waals surface area contributed by atoms with E-state index in [2.05, 4.69) is 0 Å². The first kappa shape index (κ1) is 79.7. The predicted molar refractivity (Wildman–Crippen MR) is 284 cm³/mol. The molecular formula is C51H92O39. The lowest BCUT2D eigenvalue weighted by Gasteiger charge is -2.47. The Bertz CT molecular complexity index is 2100. The Morgan fingerprint density at radius 1 is 0.278 bits per heavy atom. The van der Waals surface area contributed by atoms with E-state index < -0.39 is 286 Å². The van der Waals surface area contributed by atoms with Crippen LogP contribution in [-0.2, 0) is 52.1 Å². The topological polar surface area (TPSA) is 668 Å². The van der Waals surface area contributed by atoms with Crippen LogP contribution in [0.1, 0.15) is 52.4 Å². The molecule has 7 heterocycles. The van der Waals surface area contributed by atoms with Crippen LogP contribution in [0.5, 0.6) is 0 Å². The number of fused-ring (bicyclic) bond motifs is 3.